The molecule has 0 unspecified atom stereocenters. The summed E-state index contributed by atoms with van der Waals surface area (Å²) < 4.78 is 0. The molecule has 1 aliphatic heterocycles. The van der Waals surface area contributed by atoms with Crippen molar-refractivity contribution in [2.45, 2.75) is 46.5 Å². The molecule has 2 nitrogen and oxygen atoms in total. The molecule has 0 radical (unpaired) electrons. The predicted molar refractivity (Wildman–Crippen MR) is 83.8 cm³/mol. The summed E-state index contributed by atoms with van der Waals surface area (Å²) in [6.07, 6.45) is 4.92. The summed E-state index contributed by atoms with van der Waals surface area (Å²) in [7, 11) is 0. The van der Waals surface area contributed by atoms with E-state index >= 15 is 0 Å². The van der Waals surface area contributed by atoms with Crippen LogP contribution in [0.15, 0.2) is 18.2 Å². The van der Waals surface area contributed by atoms with Crippen molar-refractivity contribution in [1.29, 1.82) is 0 Å². The van der Waals surface area contributed by atoms with Crippen LogP contribution in [0.3, 0.4) is 0 Å². The van der Waals surface area contributed by atoms with E-state index < -0.39 is 0 Å². The Hall–Kier alpha value is -1.02. The second-order valence-corrected chi connectivity index (χ2v) is 6.65. The van der Waals surface area contributed by atoms with Crippen molar-refractivity contribution in [2.75, 3.05) is 24.5 Å². The number of benzene rings is 1. The van der Waals surface area contributed by atoms with Crippen molar-refractivity contribution in [2.24, 2.45) is 11.1 Å². The fourth-order valence-corrected chi connectivity index (χ4v) is 2.99. The summed E-state index contributed by atoms with van der Waals surface area (Å²) in [4.78, 5) is 2.55. The third-order valence-electron chi connectivity index (χ3n) is 4.45. The van der Waals surface area contributed by atoms with Gasteiger partial charge in [0.15, 0.2) is 0 Å². The first-order chi connectivity index (χ1) is 9.02. The quantitative estimate of drug-likeness (QED) is 0.901. The molecule has 0 aliphatic carbocycles. The van der Waals surface area contributed by atoms with Gasteiger partial charge in [-0.2, -0.15) is 0 Å². The van der Waals surface area contributed by atoms with E-state index in [1.807, 2.05) is 0 Å². The number of nitrogens with two attached hydrogens (primary N) is 1. The summed E-state index contributed by atoms with van der Waals surface area (Å²) in [6.45, 7) is 10.1. The van der Waals surface area contributed by atoms with E-state index in [4.69, 9.17) is 5.73 Å². The fraction of sp³-hybridized carbons (Fsp3) is 0.647. The number of anilines is 1. The van der Waals surface area contributed by atoms with Gasteiger partial charge >= 0.3 is 0 Å². The Bertz CT molecular complexity index is 423. The van der Waals surface area contributed by atoms with Crippen molar-refractivity contribution in [3.05, 3.63) is 29.3 Å². The molecule has 106 valence electrons. The van der Waals surface area contributed by atoms with Crippen LogP contribution in [0.25, 0.3) is 0 Å². The van der Waals surface area contributed by atoms with E-state index in [1.54, 1.807) is 0 Å². The molecule has 1 heterocycles. The Morgan fingerprint density at radius 2 is 2.00 bits per heavy atom. The molecule has 0 atom stereocenters. The summed E-state index contributed by atoms with van der Waals surface area (Å²) >= 11 is 0. The first-order valence-corrected chi connectivity index (χ1v) is 7.56. The van der Waals surface area contributed by atoms with Gasteiger partial charge < -0.3 is 10.6 Å². The zero-order valence-electron chi connectivity index (χ0n) is 12.7. The highest BCUT2D eigenvalue weighted by molar-refractivity contribution is 5.51. The van der Waals surface area contributed by atoms with Crippen LogP contribution in [0.2, 0.25) is 0 Å². The van der Waals surface area contributed by atoms with Crippen LogP contribution in [0.4, 0.5) is 5.69 Å². The standard InChI is InChI=1S/C17H28N2/c1-14-13-16(6-5-15(14)7-10-18)19-11-4-8-17(2,3)9-12-19/h5-6,13H,4,7-12,18H2,1-3H3. The minimum atomic E-state index is 0.503. The van der Waals surface area contributed by atoms with Crippen LogP contribution in [0.5, 0.6) is 0 Å². The molecule has 0 amide bonds. The topological polar surface area (TPSA) is 29.3 Å². The molecule has 1 aromatic rings. The molecule has 2 N–H and O–H groups in total. The lowest BCUT2D eigenvalue weighted by Gasteiger charge is -2.25. The molecule has 1 aromatic carbocycles. The maximum Gasteiger partial charge on any atom is 0.0369 e. The second kappa shape index (κ2) is 5.96. The highest BCUT2D eigenvalue weighted by Gasteiger charge is 2.23. The van der Waals surface area contributed by atoms with Crippen LogP contribution in [0.1, 0.15) is 44.2 Å². The molecule has 1 fully saturated rings. The molecule has 0 spiro atoms. The zero-order chi connectivity index (χ0) is 13.9. The highest BCUT2D eigenvalue weighted by Crippen LogP contribution is 2.32. The van der Waals surface area contributed by atoms with Gasteiger partial charge in [-0.05, 0) is 67.8 Å². The third kappa shape index (κ3) is 3.73. The Balaban J connectivity index is 2.11. The summed E-state index contributed by atoms with van der Waals surface area (Å²) in [5.74, 6) is 0. The minimum absolute atomic E-state index is 0.503. The third-order valence-corrected chi connectivity index (χ3v) is 4.45. The lowest BCUT2D eigenvalue weighted by atomic mass is 9.85. The molecule has 0 aromatic heterocycles. The van der Waals surface area contributed by atoms with Crippen molar-refractivity contribution < 1.29 is 0 Å². The first kappa shape index (κ1) is 14.4. The molecule has 0 saturated carbocycles. The van der Waals surface area contributed by atoms with Gasteiger partial charge in [0.25, 0.3) is 0 Å². The summed E-state index contributed by atoms with van der Waals surface area (Å²) in [5.41, 5.74) is 10.3. The van der Waals surface area contributed by atoms with Gasteiger partial charge in [-0.3, -0.25) is 0 Å². The van der Waals surface area contributed by atoms with E-state index in [9.17, 15) is 0 Å². The van der Waals surface area contributed by atoms with Gasteiger partial charge in [0.05, 0.1) is 0 Å². The number of aryl methyl sites for hydroxylation is 1. The molecular weight excluding hydrogens is 232 g/mol. The molecule has 19 heavy (non-hydrogen) atoms. The van der Waals surface area contributed by atoms with Crippen LogP contribution in [0, 0.1) is 12.3 Å². The largest absolute Gasteiger partial charge is 0.372 e. The Morgan fingerprint density at radius 1 is 1.21 bits per heavy atom. The maximum atomic E-state index is 5.65. The number of nitrogens with zero attached hydrogens (tertiary/aromatic N) is 1. The summed E-state index contributed by atoms with van der Waals surface area (Å²) in [6, 6.07) is 6.87. The van der Waals surface area contributed by atoms with Crippen LogP contribution < -0.4 is 10.6 Å². The van der Waals surface area contributed by atoms with E-state index in [1.165, 1.54) is 49.2 Å². The van der Waals surface area contributed by atoms with Gasteiger partial charge in [0, 0.05) is 18.8 Å². The Morgan fingerprint density at radius 3 is 2.68 bits per heavy atom. The van der Waals surface area contributed by atoms with Gasteiger partial charge in [0.1, 0.15) is 0 Å². The zero-order valence-corrected chi connectivity index (χ0v) is 12.7. The average Bonchev–Trinajstić information content (AvgIpc) is 2.53. The SMILES string of the molecule is Cc1cc(N2CCCC(C)(C)CC2)ccc1CCN. The number of hydrogen-bond donors (Lipinski definition) is 1. The van der Waals surface area contributed by atoms with Crippen molar-refractivity contribution in [3.8, 4) is 0 Å². The summed E-state index contributed by atoms with van der Waals surface area (Å²) in [5, 5.41) is 0. The van der Waals surface area contributed by atoms with Gasteiger partial charge in [-0.15, -0.1) is 0 Å². The van der Waals surface area contributed by atoms with E-state index in [0.29, 0.717) is 5.41 Å². The molecule has 2 rings (SSSR count). The number of hydrogen-bond acceptors (Lipinski definition) is 2. The van der Waals surface area contributed by atoms with E-state index in [-0.39, 0.29) is 0 Å². The van der Waals surface area contributed by atoms with Gasteiger partial charge in [-0.25, -0.2) is 0 Å². The molecule has 0 bridgehead atoms. The van der Waals surface area contributed by atoms with Crippen LogP contribution in [-0.2, 0) is 6.42 Å². The fourth-order valence-electron chi connectivity index (χ4n) is 2.99. The van der Waals surface area contributed by atoms with Crippen LogP contribution >= 0.6 is 0 Å². The number of rotatable bonds is 3. The molecule has 1 saturated heterocycles. The lowest BCUT2D eigenvalue weighted by molar-refractivity contribution is 0.325. The van der Waals surface area contributed by atoms with Crippen molar-refractivity contribution in [1.82, 2.24) is 0 Å². The Kier molecular flexibility index (Phi) is 4.51. The van der Waals surface area contributed by atoms with Gasteiger partial charge in [-0.1, -0.05) is 19.9 Å². The maximum absolute atomic E-state index is 5.65. The molecule has 2 heteroatoms. The first-order valence-electron chi connectivity index (χ1n) is 7.56. The second-order valence-electron chi connectivity index (χ2n) is 6.65. The average molecular weight is 260 g/mol. The molecule has 1 aliphatic rings. The van der Waals surface area contributed by atoms with Crippen molar-refractivity contribution in [3.63, 3.8) is 0 Å². The van der Waals surface area contributed by atoms with E-state index in [2.05, 4.69) is 43.9 Å². The highest BCUT2D eigenvalue weighted by atomic mass is 15.1. The molecular formula is C17H28N2. The predicted octanol–water partition coefficient (Wildman–Crippen LogP) is 3.51. The van der Waals surface area contributed by atoms with Crippen molar-refractivity contribution >= 4 is 5.69 Å². The monoisotopic (exact) mass is 260 g/mol. The van der Waals surface area contributed by atoms with E-state index in [0.717, 1.165) is 13.0 Å². The minimum Gasteiger partial charge on any atom is -0.372 e. The normalized spacial score (nSPS) is 19.3. The lowest BCUT2D eigenvalue weighted by Crippen LogP contribution is -2.25. The smallest absolute Gasteiger partial charge is 0.0369 e. The Labute approximate surface area is 118 Å². The van der Waals surface area contributed by atoms with Gasteiger partial charge in [0.2, 0.25) is 0 Å². The van der Waals surface area contributed by atoms with Crippen LogP contribution in [-0.4, -0.2) is 19.6 Å².